The minimum Gasteiger partial charge on any atom is -0.115 e. The maximum absolute atomic E-state index is 6.17. The summed E-state index contributed by atoms with van der Waals surface area (Å²) < 4.78 is 6.17. The first-order valence-electron chi connectivity index (χ1n) is 1.45. The maximum atomic E-state index is 6.17. The van der Waals surface area contributed by atoms with E-state index in [1.165, 1.54) is 6.08 Å². The molecule has 0 rings (SSSR count). The second-order valence-corrected chi connectivity index (χ2v) is 0.348. The van der Waals surface area contributed by atoms with Crippen molar-refractivity contribution in [3.8, 4) is 12.3 Å². The molecular weight excluding hydrogens is 48.0 g/mol. The summed E-state index contributed by atoms with van der Waals surface area (Å²) in [5, 5.41) is 0. The number of terminal acetylenes is 1. The molecule has 4 heavy (non-hydrogen) atoms. The zero-order valence-corrected chi connectivity index (χ0v) is 2.28. The highest BCUT2D eigenvalue weighted by Crippen LogP contribution is 1.41. The average molecular weight is 53.1 g/mol. The Balaban J connectivity index is 3.16. The number of hydrogen-bond acceptors (Lipinski definition) is 0. The quantitative estimate of drug-likeness (QED) is 0.358. The molecule has 0 spiro atoms. The predicted molar refractivity (Wildman–Crippen MR) is 19.0 cm³/mol. The van der Waals surface area contributed by atoms with Gasteiger partial charge in [0.1, 0.15) is 1.37 Å². The summed E-state index contributed by atoms with van der Waals surface area (Å²) in [4.78, 5) is 0. The Labute approximate surface area is 27.5 Å². The highest BCUT2D eigenvalue weighted by atomic mass is 13.3. The number of hydrogen-bond donors (Lipinski definition) is 0. The molecular formula is C4H4. The van der Waals surface area contributed by atoms with Crippen molar-refractivity contribution in [3.63, 3.8) is 0 Å². The summed E-state index contributed by atoms with van der Waals surface area (Å²) in [5.41, 5.74) is 0. The lowest BCUT2D eigenvalue weighted by atomic mass is 10.7. The van der Waals surface area contributed by atoms with E-state index in [1.807, 2.05) is 6.40 Å². The third-order valence-electron chi connectivity index (χ3n) is 0.102. The molecule has 0 aromatic carbocycles. The second kappa shape index (κ2) is 2.30. The van der Waals surface area contributed by atoms with Gasteiger partial charge < -0.3 is 0 Å². The first-order valence-corrected chi connectivity index (χ1v) is 0.947. The average Bonchev–Trinajstić information content (AvgIpc) is 1.41. The van der Waals surface area contributed by atoms with Gasteiger partial charge in [0.05, 0.1) is 0 Å². The van der Waals surface area contributed by atoms with Crippen LogP contribution in [0.4, 0.5) is 0 Å². The van der Waals surface area contributed by atoms with Gasteiger partial charge in [0.2, 0.25) is 0 Å². The van der Waals surface area contributed by atoms with Crippen LogP contribution in [0.1, 0.15) is 1.37 Å². The molecule has 0 aromatic rings. The molecule has 0 radical (unpaired) electrons. The Bertz CT molecular complexity index is 73.4. The van der Waals surface area contributed by atoms with Crippen LogP contribution in [0.2, 0.25) is 0 Å². The van der Waals surface area contributed by atoms with Crippen LogP contribution in [0, 0.1) is 12.3 Å². The van der Waals surface area contributed by atoms with E-state index < -0.39 is 0 Å². The fourth-order valence-corrected chi connectivity index (χ4v) is 0. The van der Waals surface area contributed by atoms with E-state index >= 15 is 0 Å². The third-order valence-corrected chi connectivity index (χ3v) is 0.102. The van der Waals surface area contributed by atoms with Gasteiger partial charge in [0.25, 0.3) is 0 Å². The summed E-state index contributed by atoms with van der Waals surface area (Å²) in [6.45, 7) is 3.26. The first-order chi connectivity index (χ1) is 2.41. The standard InChI is InChI=1S/C4H4/c1-3-4-2/h1,4H,2H2/i1D. The van der Waals surface area contributed by atoms with E-state index in [0.717, 1.165) is 0 Å². The van der Waals surface area contributed by atoms with Crippen LogP contribution in [-0.4, -0.2) is 0 Å². The predicted octanol–water partition coefficient (Wildman–Crippen LogP) is 0.806. The lowest BCUT2D eigenvalue weighted by molar-refractivity contribution is 2.34. The van der Waals surface area contributed by atoms with Crippen molar-refractivity contribution in [2.75, 3.05) is 0 Å². The first kappa shape index (κ1) is 1.60. The largest absolute Gasteiger partial charge is 0.124 e. The van der Waals surface area contributed by atoms with E-state index in [9.17, 15) is 0 Å². The monoisotopic (exact) mass is 53.0 g/mol. The molecule has 0 unspecified atom stereocenters. The van der Waals surface area contributed by atoms with Crippen LogP contribution < -0.4 is 0 Å². The van der Waals surface area contributed by atoms with Crippen molar-refractivity contribution >= 4 is 0 Å². The van der Waals surface area contributed by atoms with E-state index in [4.69, 9.17) is 1.37 Å². The van der Waals surface area contributed by atoms with E-state index in [2.05, 4.69) is 12.5 Å². The van der Waals surface area contributed by atoms with Crippen LogP contribution >= 0.6 is 0 Å². The topological polar surface area (TPSA) is 0 Å². The normalized spacial score (nSPS) is 5.50. The summed E-state index contributed by atoms with van der Waals surface area (Å²) >= 11 is 0. The van der Waals surface area contributed by atoms with Crippen molar-refractivity contribution in [1.82, 2.24) is 0 Å². The fraction of sp³-hybridized carbons (Fsp3) is 0. The molecule has 0 amide bonds. The van der Waals surface area contributed by atoms with Crippen molar-refractivity contribution in [2.45, 2.75) is 0 Å². The number of rotatable bonds is 0. The van der Waals surface area contributed by atoms with Crippen LogP contribution in [0.3, 0.4) is 0 Å². The molecule has 0 aliphatic carbocycles. The van der Waals surface area contributed by atoms with Gasteiger partial charge in [-0.25, -0.2) is 0 Å². The van der Waals surface area contributed by atoms with Gasteiger partial charge >= 0.3 is 0 Å². The molecule has 0 N–H and O–H groups in total. The molecule has 20 valence electrons. The van der Waals surface area contributed by atoms with Crippen molar-refractivity contribution in [1.29, 1.82) is 0 Å². The summed E-state index contributed by atoms with van der Waals surface area (Å²) in [6, 6.07) is 0. The Kier molecular flexibility index (Phi) is 0.922. The molecule has 0 saturated heterocycles. The SMILES string of the molecule is [2H]C#CC=C. The fourth-order valence-electron chi connectivity index (χ4n) is 0. The Morgan fingerprint density at radius 1 is 2.50 bits per heavy atom. The third kappa shape index (κ3) is 1.30. The Hall–Kier alpha value is -0.700. The van der Waals surface area contributed by atoms with Crippen LogP contribution in [-0.2, 0) is 0 Å². The molecule has 0 heterocycles. The van der Waals surface area contributed by atoms with Gasteiger partial charge in [-0.2, -0.15) is 0 Å². The zero-order valence-electron chi connectivity index (χ0n) is 3.28. The van der Waals surface area contributed by atoms with Crippen LogP contribution in [0.5, 0.6) is 0 Å². The highest BCUT2D eigenvalue weighted by molar-refractivity contribution is 5.03. The number of allylic oxidation sites excluding steroid dienone is 1. The van der Waals surface area contributed by atoms with Crippen LogP contribution in [0.25, 0.3) is 0 Å². The molecule has 0 heteroatoms. The Morgan fingerprint density at radius 2 is 3.25 bits per heavy atom. The van der Waals surface area contributed by atoms with E-state index in [-0.39, 0.29) is 0 Å². The minimum atomic E-state index is 1.38. The van der Waals surface area contributed by atoms with Gasteiger partial charge in [-0.05, 0) is 6.08 Å². The van der Waals surface area contributed by atoms with Crippen LogP contribution in [0.15, 0.2) is 12.7 Å². The lowest BCUT2D eigenvalue weighted by Gasteiger charge is -1.38. The lowest BCUT2D eigenvalue weighted by Crippen LogP contribution is -1.24. The molecule has 0 atom stereocenters. The molecule has 0 saturated carbocycles. The van der Waals surface area contributed by atoms with Gasteiger partial charge in [0.15, 0.2) is 0 Å². The summed E-state index contributed by atoms with van der Waals surface area (Å²) in [6.07, 6.45) is 3.28. The van der Waals surface area contributed by atoms with Gasteiger partial charge in [0, 0.05) is 0 Å². The van der Waals surface area contributed by atoms with Gasteiger partial charge in [-0.1, -0.05) is 12.5 Å². The molecule has 0 aromatic heterocycles. The smallest absolute Gasteiger partial charge is 0.115 e. The minimum absolute atomic E-state index is 1.38. The maximum Gasteiger partial charge on any atom is 0.124 e. The molecule has 0 aliphatic rings. The Morgan fingerprint density at radius 3 is 3.25 bits per heavy atom. The summed E-state index contributed by atoms with van der Waals surface area (Å²) in [5.74, 6) is 2.29. The highest BCUT2D eigenvalue weighted by Gasteiger charge is 1.26. The second-order valence-electron chi connectivity index (χ2n) is 0.348. The van der Waals surface area contributed by atoms with Gasteiger partial charge in [-0.3, -0.25) is 0 Å². The molecule has 0 aliphatic heterocycles. The van der Waals surface area contributed by atoms with E-state index in [1.54, 1.807) is 0 Å². The van der Waals surface area contributed by atoms with Gasteiger partial charge in [-0.15, -0.1) is 6.40 Å². The van der Waals surface area contributed by atoms with Crippen molar-refractivity contribution in [2.24, 2.45) is 0 Å². The molecule has 0 nitrogen and oxygen atoms in total. The van der Waals surface area contributed by atoms with Crippen molar-refractivity contribution < 1.29 is 1.37 Å². The zero-order chi connectivity index (χ0) is 4.12. The van der Waals surface area contributed by atoms with E-state index in [0.29, 0.717) is 0 Å². The summed E-state index contributed by atoms with van der Waals surface area (Å²) in [7, 11) is 0. The van der Waals surface area contributed by atoms with Crippen molar-refractivity contribution in [3.05, 3.63) is 12.7 Å². The molecule has 0 fully saturated rings. The molecule has 0 bridgehead atoms.